The van der Waals surface area contributed by atoms with Crippen LogP contribution in [0.5, 0.6) is 0 Å². The molecule has 8 heteroatoms. The summed E-state index contributed by atoms with van der Waals surface area (Å²) in [5.74, 6) is 0. The number of rotatable bonds is 4. The van der Waals surface area contributed by atoms with Crippen LogP contribution in [0.2, 0.25) is 5.02 Å². The quantitative estimate of drug-likeness (QED) is 0.776. The highest BCUT2D eigenvalue weighted by atomic mass is 35.5. The maximum Gasteiger partial charge on any atom is 0.276 e. The zero-order chi connectivity index (χ0) is 17.2. The predicted molar refractivity (Wildman–Crippen MR) is 90.4 cm³/mol. The number of sulfonamides is 1. The van der Waals surface area contributed by atoms with Crippen molar-refractivity contribution in [2.45, 2.75) is 4.90 Å². The molecule has 0 saturated heterocycles. The number of nitrogens with one attached hydrogen (secondary N) is 1. The number of nitriles is 1. The van der Waals surface area contributed by atoms with E-state index in [1.165, 1.54) is 18.2 Å². The topological polar surface area (TPSA) is 87.8 Å². The van der Waals surface area contributed by atoms with Gasteiger partial charge in [0.15, 0.2) is 5.69 Å². The molecule has 3 rings (SSSR count). The average molecular weight is 359 g/mol. The van der Waals surface area contributed by atoms with E-state index in [0.29, 0.717) is 16.3 Å². The highest BCUT2D eigenvalue weighted by molar-refractivity contribution is 7.92. The van der Waals surface area contributed by atoms with Gasteiger partial charge in [0.05, 0.1) is 10.6 Å². The van der Waals surface area contributed by atoms with Gasteiger partial charge in [0.1, 0.15) is 6.07 Å². The van der Waals surface area contributed by atoms with Gasteiger partial charge in [-0.15, -0.1) is 5.10 Å². The van der Waals surface area contributed by atoms with Gasteiger partial charge in [-0.25, -0.2) is 0 Å². The van der Waals surface area contributed by atoms with E-state index in [1.54, 1.807) is 42.5 Å². The third kappa shape index (κ3) is 3.25. The number of aromatic nitrogens is 2. The minimum absolute atomic E-state index is 0.0933. The minimum atomic E-state index is -3.83. The monoisotopic (exact) mass is 358 g/mol. The van der Waals surface area contributed by atoms with Crippen molar-refractivity contribution in [2.24, 2.45) is 0 Å². The Labute approximate surface area is 143 Å². The fourth-order valence-corrected chi connectivity index (χ4v) is 3.21. The molecular weight excluding hydrogens is 348 g/mol. The normalized spacial score (nSPS) is 11.0. The van der Waals surface area contributed by atoms with Crippen molar-refractivity contribution in [2.75, 3.05) is 4.83 Å². The summed E-state index contributed by atoms with van der Waals surface area (Å²) in [5, 5.41) is 13.6. The Morgan fingerprint density at radius 3 is 2.38 bits per heavy atom. The lowest BCUT2D eigenvalue weighted by molar-refractivity contribution is 0.592. The van der Waals surface area contributed by atoms with Crippen molar-refractivity contribution >= 4 is 21.6 Å². The smallest absolute Gasteiger partial charge is 0.200 e. The van der Waals surface area contributed by atoms with Crippen molar-refractivity contribution in [1.82, 2.24) is 9.89 Å². The SMILES string of the molecule is N#Cc1cc(-c2ccc(Cl)cc2)n(NS(=O)(=O)c2ccccc2)n1. The summed E-state index contributed by atoms with van der Waals surface area (Å²) in [6.45, 7) is 0. The number of halogens is 1. The summed E-state index contributed by atoms with van der Waals surface area (Å²) >= 11 is 5.87. The maximum absolute atomic E-state index is 12.5. The van der Waals surface area contributed by atoms with E-state index in [-0.39, 0.29) is 10.6 Å². The lowest BCUT2D eigenvalue weighted by Crippen LogP contribution is -2.25. The Bertz CT molecular complexity index is 1010. The van der Waals surface area contributed by atoms with E-state index >= 15 is 0 Å². The first-order valence-electron chi connectivity index (χ1n) is 6.83. The van der Waals surface area contributed by atoms with Crippen molar-refractivity contribution in [3.8, 4) is 17.3 Å². The van der Waals surface area contributed by atoms with Gasteiger partial charge in [0.2, 0.25) is 0 Å². The van der Waals surface area contributed by atoms with Gasteiger partial charge < -0.3 is 0 Å². The molecule has 6 nitrogen and oxygen atoms in total. The number of benzene rings is 2. The molecule has 120 valence electrons. The highest BCUT2D eigenvalue weighted by Gasteiger charge is 2.18. The van der Waals surface area contributed by atoms with Gasteiger partial charge in [-0.3, -0.25) is 0 Å². The van der Waals surface area contributed by atoms with Crippen LogP contribution in [0, 0.1) is 11.3 Å². The number of hydrogen-bond acceptors (Lipinski definition) is 4. The summed E-state index contributed by atoms with van der Waals surface area (Å²) in [7, 11) is -3.83. The van der Waals surface area contributed by atoms with E-state index in [0.717, 1.165) is 4.79 Å². The van der Waals surface area contributed by atoms with Crippen LogP contribution in [0.25, 0.3) is 11.3 Å². The lowest BCUT2D eigenvalue weighted by Gasteiger charge is -2.11. The first-order valence-corrected chi connectivity index (χ1v) is 8.70. The molecule has 1 aromatic heterocycles. The maximum atomic E-state index is 12.5. The van der Waals surface area contributed by atoms with Gasteiger partial charge in [-0.1, -0.05) is 41.9 Å². The fourth-order valence-electron chi connectivity index (χ4n) is 2.10. The molecular formula is C16H11ClN4O2S. The largest absolute Gasteiger partial charge is 0.276 e. The second-order valence-electron chi connectivity index (χ2n) is 4.85. The molecule has 0 amide bonds. The Hall–Kier alpha value is -2.82. The molecule has 1 N–H and O–H groups in total. The van der Waals surface area contributed by atoms with Gasteiger partial charge >= 0.3 is 0 Å². The van der Waals surface area contributed by atoms with Crippen LogP contribution in [-0.2, 0) is 10.0 Å². The molecule has 0 radical (unpaired) electrons. The van der Waals surface area contributed by atoms with Crippen LogP contribution >= 0.6 is 11.6 Å². The van der Waals surface area contributed by atoms with Crippen LogP contribution in [0.15, 0.2) is 65.6 Å². The molecule has 0 aliphatic rings. The van der Waals surface area contributed by atoms with Gasteiger partial charge in [-0.2, -0.15) is 23.3 Å². The summed E-state index contributed by atoms with van der Waals surface area (Å²) in [6, 6.07) is 18.1. The molecule has 0 bridgehead atoms. The third-order valence-electron chi connectivity index (χ3n) is 3.22. The Balaban J connectivity index is 2.04. The first-order chi connectivity index (χ1) is 11.5. The molecule has 0 fully saturated rings. The zero-order valence-electron chi connectivity index (χ0n) is 12.2. The summed E-state index contributed by atoms with van der Waals surface area (Å²) < 4.78 is 24.9. The summed E-state index contributed by atoms with van der Waals surface area (Å²) in [6.07, 6.45) is 0. The Kier molecular flexibility index (Phi) is 4.25. The predicted octanol–water partition coefficient (Wildman–Crippen LogP) is 3.01. The standard InChI is InChI=1S/C16H11ClN4O2S/c17-13-8-6-12(7-9-13)16-10-14(11-18)19-21(16)20-24(22,23)15-4-2-1-3-5-15/h1-10,20H. The van der Waals surface area contributed by atoms with Crippen molar-refractivity contribution in [3.63, 3.8) is 0 Å². The fraction of sp³-hybridized carbons (Fsp3) is 0. The molecule has 0 aliphatic carbocycles. The molecule has 0 saturated carbocycles. The second kappa shape index (κ2) is 6.35. The van der Waals surface area contributed by atoms with Gasteiger partial charge in [-0.05, 0) is 24.3 Å². The molecule has 0 aliphatic heterocycles. The highest BCUT2D eigenvalue weighted by Crippen LogP contribution is 2.22. The van der Waals surface area contributed by atoms with Gasteiger partial charge in [0.25, 0.3) is 10.0 Å². The van der Waals surface area contributed by atoms with Crippen molar-refractivity contribution < 1.29 is 8.42 Å². The second-order valence-corrected chi connectivity index (χ2v) is 6.95. The average Bonchev–Trinajstić information content (AvgIpc) is 2.98. The van der Waals surface area contributed by atoms with E-state index in [1.807, 2.05) is 6.07 Å². The number of nitrogens with zero attached hydrogens (tertiary/aromatic N) is 3. The third-order valence-corrected chi connectivity index (χ3v) is 4.78. The van der Waals surface area contributed by atoms with E-state index in [4.69, 9.17) is 16.9 Å². The zero-order valence-corrected chi connectivity index (χ0v) is 13.8. The first kappa shape index (κ1) is 16.1. The summed E-state index contributed by atoms with van der Waals surface area (Å²) in [5.41, 5.74) is 1.20. The van der Waals surface area contributed by atoms with Crippen LogP contribution in [0.4, 0.5) is 0 Å². The van der Waals surface area contributed by atoms with Crippen molar-refractivity contribution in [1.29, 1.82) is 5.26 Å². The molecule has 3 aromatic rings. The van der Waals surface area contributed by atoms with E-state index in [2.05, 4.69) is 9.93 Å². The van der Waals surface area contributed by atoms with Crippen LogP contribution < -0.4 is 4.83 Å². The lowest BCUT2D eigenvalue weighted by atomic mass is 10.1. The van der Waals surface area contributed by atoms with E-state index in [9.17, 15) is 8.42 Å². The Morgan fingerprint density at radius 1 is 1.08 bits per heavy atom. The van der Waals surface area contributed by atoms with Crippen LogP contribution in [-0.4, -0.2) is 18.3 Å². The number of hydrogen-bond donors (Lipinski definition) is 1. The minimum Gasteiger partial charge on any atom is -0.200 e. The molecule has 1 heterocycles. The Morgan fingerprint density at radius 2 is 1.75 bits per heavy atom. The van der Waals surface area contributed by atoms with Gasteiger partial charge in [0, 0.05) is 16.7 Å². The van der Waals surface area contributed by atoms with E-state index < -0.39 is 10.0 Å². The molecule has 24 heavy (non-hydrogen) atoms. The molecule has 0 atom stereocenters. The molecule has 0 unspecified atom stereocenters. The van der Waals surface area contributed by atoms with Crippen LogP contribution in [0.3, 0.4) is 0 Å². The molecule has 0 spiro atoms. The molecule has 2 aromatic carbocycles. The van der Waals surface area contributed by atoms with Crippen LogP contribution in [0.1, 0.15) is 5.69 Å². The summed E-state index contributed by atoms with van der Waals surface area (Å²) in [4.78, 5) is 3.54. The van der Waals surface area contributed by atoms with Crippen molar-refractivity contribution in [3.05, 3.63) is 71.4 Å².